The van der Waals surface area contributed by atoms with Crippen molar-refractivity contribution in [1.82, 2.24) is 20.2 Å². The zero-order valence-electron chi connectivity index (χ0n) is 28.0. The number of aromatic nitrogens is 2. The number of alkyl carbamates (subject to hydrolysis) is 1. The molecule has 3 amide bonds. The number of hydrogen-bond donors (Lipinski definition) is 2. The predicted molar refractivity (Wildman–Crippen MR) is 186 cm³/mol. The van der Waals surface area contributed by atoms with Gasteiger partial charge in [-0.05, 0) is 34.9 Å². The summed E-state index contributed by atoms with van der Waals surface area (Å²) in [5.41, 5.74) is 3.75. The zero-order valence-corrected chi connectivity index (χ0v) is 28.0. The molecule has 264 valence electrons. The van der Waals surface area contributed by atoms with E-state index < -0.39 is 30.2 Å². The highest BCUT2D eigenvalue weighted by molar-refractivity contribution is 6.22. The predicted octanol–water partition coefficient (Wildman–Crippen LogP) is 3.89. The topological polar surface area (TPSA) is 147 Å². The van der Waals surface area contributed by atoms with Gasteiger partial charge in [0.05, 0.1) is 30.9 Å². The monoisotopic (exact) mass is 692 g/mol. The highest BCUT2D eigenvalue weighted by Crippen LogP contribution is 2.39. The van der Waals surface area contributed by atoms with Gasteiger partial charge < -0.3 is 29.5 Å². The zero-order chi connectivity index (χ0) is 35.2. The summed E-state index contributed by atoms with van der Waals surface area (Å²) in [6, 6.07) is 24.7. The van der Waals surface area contributed by atoms with Gasteiger partial charge in [0.15, 0.2) is 6.29 Å². The number of piperazine rings is 1. The Kier molecular flexibility index (Phi) is 10.6. The quantitative estimate of drug-likeness (QED) is 0.234. The number of anilines is 2. The number of hydrogen-bond acceptors (Lipinski definition) is 11. The van der Waals surface area contributed by atoms with Gasteiger partial charge in [-0.3, -0.25) is 14.5 Å². The number of carbonyl (C=O) groups is 3. The van der Waals surface area contributed by atoms with E-state index in [1.54, 1.807) is 36.7 Å². The number of imide groups is 1. The number of aliphatic hydroxyl groups excluding tert-OH is 1. The lowest BCUT2D eigenvalue weighted by Crippen LogP contribution is -2.50. The van der Waals surface area contributed by atoms with Crippen molar-refractivity contribution >= 4 is 29.5 Å². The van der Waals surface area contributed by atoms with Gasteiger partial charge in [0.2, 0.25) is 11.9 Å². The lowest BCUT2D eigenvalue weighted by molar-refractivity contribution is -0.253. The first-order valence-electron chi connectivity index (χ1n) is 17.1. The van der Waals surface area contributed by atoms with Crippen LogP contribution in [0.5, 0.6) is 0 Å². The molecule has 0 saturated carbocycles. The Morgan fingerprint density at radius 2 is 1.55 bits per heavy atom. The number of ether oxygens (including phenoxy) is 3. The van der Waals surface area contributed by atoms with Crippen molar-refractivity contribution in [2.45, 2.75) is 50.6 Å². The number of benzene rings is 3. The number of amides is 3. The van der Waals surface area contributed by atoms with E-state index in [0.717, 1.165) is 59.3 Å². The molecule has 51 heavy (non-hydrogen) atoms. The molecule has 3 saturated heterocycles. The van der Waals surface area contributed by atoms with Gasteiger partial charge in [-0.1, -0.05) is 66.7 Å². The van der Waals surface area contributed by atoms with Crippen LogP contribution in [0.4, 0.5) is 16.4 Å². The number of aliphatic hydroxyl groups is 1. The number of carbonyl (C=O) groups excluding carboxylic acids is 3. The summed E-state index contributed by atoms with van der Waals surface area (Å²) in [7, 11) is 0. The Morgan fingerprint density at radius 1 is 0.843 bits per heavy atom. The molecular weight excluding hydrogens is 652 g/mol. The van der Waals surface area contributed by atoms with Crippen LogP contribution in [-0.2, 0) is 37.0 Å². The molecule has 13 heteroatoms. The lowest BCUT2D eigenvalue weighted by atomic mass is 9.99. The largest absolute Gasteiger partial charge is 0.445 e. The van der Waals surface area contributed by atoms with Crippen LogP contribution in [0, 0.1) is 0 Å². The summed E-state index contributed by atoms with van der Waals surface area (Å²) in [5, 5.41) is 12.1. The van der Waals surface area contributed by atoms with E-state index in [-0.39, 0.29) is 31.8 Å². The fourth-order valence-corrected chi connectivity index (χ4v) is 6.61. The van der Waals surface area contributed by atoms with Crippen LogP contribution < -0.4 is 15.1 Å². The molecule has 1 aromatic heterocycles. The summed E-state index contributed by atoms with van der Waals surface area (Å²) in [6.07, 6.45) is 2.14. The van der Waals surface area contributed by atoms with Crippen molar-refractivity contribution in [3.8, 4) is 0 Å². The summed E-state index contributed by atoms with van der Waals surface area (Å²) in [4.78, 5) is 53.0. The lowest BCUT2D eigenvalue weighted by Gasteiger charge is -2.40. The van der Waals surface area contributed by atoms with Crippen molar-refractivity contribution < 1.29 is 33.7 Å². The van der Waals surface area contributed by atoms with Crippen LogP contribution in [0.25, 0.3) is 0 Å². The molecule has 3 aromatic carbocycles. The van der Waals surface area contributed by atoms with Crippen LogP contribution in [-0.4, -0.2) is 82.8 Å². The number of rotatable bonds is 10. The average molecular weight is 693 g/mol. The van der Waals surface area contributed by atoms with Gasteiger partial charge in [-0.2, -0.15) is 0 Å². The first kappa shape index (κ1) is 34.2. The number of nitrogens with one attached hydrogen (secondary N) is 1. The van der Waals surface area contributed by atoms with E-state index in [2.05, 4.69) is 25.1 Å². The third-order valence-electron chi connectivity index (χ3n) is 9.36. The van der Waals surface area contributed by atoms with Gasteiger partial charge in [0.1, 0.15) is 12.6 Å². The molecule has 4 aromatic rings. The minimum Gasteiger partial charge on any atom is -0.445 e. The van der Waals surface area contributed by atoms with Crippen molar-refractivity contribution in [2.75, 3.05) is 42.5 Å². The van der Waals surface area contributed by atoms with Crippen molar-refractivity contribution in [1.29, 1.82) is 0 Å². The third kappa shape index (κ3) is 8.24. The molecule has 4 atom stereocenters. The standard InChI is InChI=1S/C38H40N6O7/c45-24-26-7-9-28(10-8-26)33-21-31(23-42-17-19-43(20-18-42)37-39-15-4-16-40-37)50-36(51-33)29-11-13-30(14-12-29)44-34(46)22-32(35(44)47)41-38(48)49-25-27-5-2-1-3-6-27/h1-16,31-33,36,45H,17-25H2,(H,41,48)/t31-,32?,33+,36+/m1/s1. The van der Waals surface area contributed by atoms with Crippen LogP contribution in [0.1, 0.15) is 47.5 Å². The minimum absolute atomic E-state index is 0.0380. The molecule has 13 nitrogen and oxygen atoms in total. The second-order valence-corrected chi connectivity index (χ2v) is 12.8. The Balaban J connectivity index is 1.00. The van der Waals surface area contributed by atoms with E-state index in [1.807, 2.05) is 60.7 Å². The molecule has 7 rings (SSSR count). The fraction of sp³-hybridized carbons (Fsp3) is 0.342. The molecule has 3 aliphatic heterocycles. The second-order valence-electron chi connectivity index (χ2n) is 12.8. The highest BCUT2D eigenvalue weighted by atomic mass is 16.7. The maximum atomic E-state index is 13.2. The number of nitrogens with zero attached hydrogens (tertiary/aromatic N) is 5. The SMILES string of the molecule is O=C(NC1CC(=O)N(c2ccc([C@H]3O[C@@H](CN4CCN(c5ncccn5)CC4)C[C@@H](c4ccc(CO)cc4)O3)cc2)C1=O)OCc1ccccc1. The van der Waals surface area contributed by atoms with E-state index in [9.17, 15) is 19.5 Å². The second kappa shape index (κ2) is 15.8. The van der Waals surface area contributed by atoms with Crippen LogP contribution in [0.2, 0.25) is 0 Å². The van der Waals surface area contributed by atoms with E-state index in [4.69, 9.17) is 14.2 Å². The fourth-order valence-electron chi connectivity index (χ4n) is 6.61. The normalized spacial score (nSPS) is 22.6. The maximum absolute atomic E-state index is 13.2. The summed E-state index contributed by atoms with van der Waals surface area (Å²) in [6.45, 7) is 4.02. The van der Waals surface area contributed by atoms with Gasteiger partial charge >= 0.3 is 6.09 Å². The van der Waals surface area contributed by atoms with E-state index in [0.29, 0.717) is 18.7 Å². The average Bonchev–Trinajstić information content (AvgIpc) is 3.46. The first-order chi connectivity index (χ1) is 24.9. The first-order valence-corrected chi connectivity index (χ1v) is 17.1. The molecule has 3 fully saturated rings. The maximum Gasteiger partial charge on any atom is 0.408 e. The minimum atomic E-state index is -1.02. The molecule has 0 spiro atoms. The molecule has 3 aliphatic rings. The molecule has 0 aliphatic carbocycles. The van der Waals surface area contributed by atoms with Crippen molar-refractivity contribution in [2.24, 2.45) is 0 Å². The van der Waals surface area contributed by atoms with E-state index >= 15 is 0 Å². The van der Waals surface area contributed by atoms with Gasteiger partial charge in [0, 0.05) is 57.1 Å². The van der Waals surface area contributed by atoms with Gasteiger partial charge in [0.25, 0.3) is 5.91 Å². The Hall–Kier alpha value is -5.21. The van der Waals surface area contributed by atoms with Crippen molar-refractivity contribution in [3.63, 3.8) is 0 Å². The highest BCUT2D eigenvalue weighted by Gasteiger charge is 2.41. The summed E-state index contributed by atoms with van der Waals surface area (Å²) in [5.74, 6) is -0.212. The van der Waals surface area contributed by atoms with Gasteiger partial charge in [-0.15, -0.1) is 0 Å². The van der Waals surface area contributed by atoms with Crippen LogP contribution in [0.15, 0.2) is 97.3 Å². The summed E-state index contributed by atoms with van der Waals surface area (Å²) >= 11 is 0. The Labute approximate surface area is 295 Å². The molecule has 4 heterocycles. The van der Waals surface area contributed by atoms with Gasteiger partial charge in [-0.25, -0.2) is 19.7 Å². The van der Waals surface area contributed by atoms with E-state index in [1.165, 1.54) is 0 Å². The molecule has 0 radical (unpaired) electrons. The smallest absolute Gasteiger partial charge is 0.408 e. The Morgan fingerprint density at radius 3 is 2.25 bits per heavy atom. The van der Waals surface area contributed by atoms with Crippen LogP contribution >= 0.6 is 0 Å². The molecule has 0 bridgehead atoms. The molecular formula is C38H40N6O7. The summed E-state index contributed by atoms with van der Waals surface area (Å²) < 4.78 is 18.3. The van der Waals surface area contributed by atoms with Crippen LogP contribution in [0.3, 0.4) is 0 Å². The molecule has 2 N–H and O–H groups in total. The third-order valence-corrected chi connectivity index (χ3v) is 9.36. The Bertz CT molecular complexity index is 1790. The van der Waals surface area contributed by atoms with Crippen molar-refractivity contribution in [3.05, 3.63) is 120 Å². The molecule has 1 unspecified atom stereocenters.